The van der Waals surface area contributed by atoms with Crippen LogP contribution in [-0.4, -0.2) is 18.7 Å². The summed E-state index contributed by atoms with van der Waals surface area (Å²) in [4.78, 5) is 16.3. The fourth-order valence-electron chi connectivity index (χ4n) is 1.32. The molecular weight excluding hydrogens is 287 g/mol. The summed E-state index contributed by atoms with van der Waals surface area (Å²) in [6.45, 7) is -0.286. The van der Waals surface area contributed by atoms with Crippen molar-refractivity contribution in [1.29, 1.82) is 0 Å². The predicted molar refractivity (Wildman–Crippen MR) is 72.3 cm³/mol. The molecule has 20 heavy (non-hydrogen) atoms. The second-order valence-corrected chi connectivity index (χ2v) is 4.11. The number of nitrogens with zero attached hydrogens (tertiary/aromatic N) is 1. The van der Waals surface area contributed by atoms with Crippen molar-refractivity contribution >= 4 is 29.4 Å². The number of amides is 1. The van der Waals surface area contributed by atoms with E-state index in [1.54, 1.807) is 12.1 Å². The molecule has 0 saturated carbocycles. The summed E-state index contributed by atoms with van der Waals surface area (Å²) in [5, 5.41) is 5.98. The number of carbonyl (C=O) groups is 1. The van der Waals surface area contributed by atoms with Crippen LogP contribution in [0, 0.1) is 5.82 Å². The average Bonchev–Trinajstić information content (AvgIpc) is 2.92. The van der Waals surface area contributed by atoms with E-state index in [2.05, 4.69) is 10.5 Å². The lowest BCUT2D eigenvalue weighted by Gasteiger charge is -2.04. The third kappa shape index (κ3) is 4.10. The number of rotatable bonds is 5. The minimum absolute atomic E-state index is 0.0699. The Labute approximate surface area is 119 Å². The number of benzene rings is 1. The number of anilines is 1. The van der Waals surface area contributed by atoms with Gasteiger partial charge < -0.3 is 14.6 Å². The van der Waals surface area contributed by atoms with Gasteiger partial charge in [-0.1, -0.05) is 16.8 Å². The van der Waals surface area contributed by atoms with Crippen LogP contribution < -0.4 is 5.32 Å². The number of carbonyl (C=O) groups excluding carboxylic acids is 1. The molecule has 1 aromatic carbocycles. The lowest BCUT2D eigenvalue weighted by Crippen LogP contribution is -2.17. The largest absolute Gasteiger partial charge is 0.463 e. The minimum Gasteiger partial charge on any atom is -0.463 e. The number of halogens is 2. The quantitative estimate of drug-likeness (QED) is 0.681. The van der Waals surface area contributed by atoms with E-state index in [1.807, 2.05) is 0 Å². The Morgan fingerprint density at radius 2 is 2.35 bits per heavy atom. The maximum Gasteiger partial charge on any atom is 0.265 e. The van der Waals surface area contributed by atoms with Crippen molar-refractivity contribution in [3.05, 3.63) is 53.2 Å². The fraction of sp³-hybridized carbons (Fsp3) is 0.0769. The van der Waals surface area contributed by atoms with E-state index in [-0.39, 0.29) is 11.6 Å². The van der Waals surface area contributed by atoms with Gasteiger partial charge in [0.1, 0.15) is 17.8 Å². The smallest absolute Gasteiger partial charge is 0.265 e. The highest BCUT2D eigenvalue weighted by Gasteiger charge is 2.05. The first-order valence-electron chi connectivity index (χ1n) is 5.59. The van der Waals surface area contributed by atoms with E-state index in [4.69, 9.17) is 20.9 Å². The zero-order valence-corrected chi connectivity index (χ0v) is 10.9. The van der Waals surface area contributed by atoms with Crippen molar-refractivity contribution < 1.29 is 18.4 Å². The third-order valence-corrected chi connectivity index (χ3v) is 2.49. The summed E-state index contributed by atoms with van der Waals surface area (Å²) in [5.41, 5.74) is 0.375. The van der Waals surface area contributed by atoms with E-state index >= 15 is 0 Å². The summed E-state index contributed by atoms with van der Waals surface area (Å²) in [7, 11) is 0. The number of furan rings is 1. The normalized spacial score (nSPS) is 10.7. The van der Waals surface area contributed by atoms with Gasteiger partial charge in [0.05, 0.1) is 11.3 Å². The van der Waals surface area contributed by atoms with Crippen LogP contribution in [0.25, 0.3) is 0 Å². The van der Waals surface area contributed by atoms with Crippen LogP contribution in [0.2, 0.25) is 5.02 Å². The maximum atomic E-state index is 12.9. The second kappa shape index (κ2) is 6.72. The zero-order chi connectivity index (χ0) is 14.4. The van der Waals surface area contributed by atoms with E-state index in [1.165, 1.54) is 24.6 Å². The number of hydrogen-bond acceptors (Lipinski definition) is 4. The molecule has 0 aliphatic rings. The first-order chi connectivity index (χ1) is 9.65. The van der Waals surface area contributed by atoms with Crippen LogP contribution in [0.3, 0.4) is 0 Å². The lowest BCUT2D eigenvalue weighted by atomic mass is 10.3. The SMILES string of the molecule is O=C(CON=Cc1ccco1)Nc1ccc(F)c(Cl)c1. The van der Waals surface area contributed by atoms with Gasteiger partial charge in [-0.05, 0) is 30.3 Å². The molecule has 0 spiro atoms. The van der Waals surface area contributed by atoms with E-state index in [9.17, 15) is 9.18 Å². The summed E-state index contributed by atoms with van der Waals surface area (Å²) < 4.78 is 17.9. The van der Waals surface area contributed by atoms with Gasteiger partial charge in [0, 0.05) is 5.69 Å². The molecule has 0 atom stereocenters. The van der Waals surface area contributed by atoms with Crippen molar-refractivity contribution in [3.8, 4) is 0 Å². The van der Waals surface area contributed by atoms with E-state index in [0.29, 0.717) is 11.4 Å². The predicted octanol–water partition coefficient (Wildman–Crippen LogP) is 3.06. The highest BCUT2D eigenvalue weighted by molar-refractivity contribution is 6.31. The van der Waals surface area contributed by atoms with Crippen LogP contribution in [0.4, 0.5) is 10.1 Å². The molecule has 0 unspecified atom stereocenters. The van der Waals surface area contributed by atoms with Crippen LogP contribution in [0.1, 0.15) is 5.76 Å². The summed E-state index contributed by atoms with van der Waals surface area (Å²) in [6.07, 6.45) is 2.83. The molecule has 5 nitrogen and oxygen atoms in total. The van der Waals surface area contributed by atoms with Crippen molar-refractivity contribution in [3.63, 3.8) is 0 Å². The van der Waals surface area contributed by atoms with E-state index in [0.717, 1.165) is 6.07 Å². The number of hydrogen-bond donors (Lipinski definition) is 1. The lowest BCUT2D eigenvalue weighted by molar-refractivity contribution is -0.120. The molecule has 0 aliphatic carbocycles. The monoisotopic (exact) mass is 296 g/mol. The molecule has 0 radical (unpaired) electrons. The Hall–Kier alpha value is -2.34. The van der Waals surface area contributed by atoms with Gasteiger partial charge in [0.15, 0.2) is 6.61 Å². The summed E-state index contributed by atoms with van der Waals surface area (Å²) in [5.74, 6) is -0.482. The van der Waals surface area contributed by atoms with Crippen LogP contribution in [0.15, 0.2) is 46.2 Å². The Morgan fingerprint density at radius 3 is 3.05 bits per heavy atom. The standard InChI is InChI=1S/C13H10ClFN2O3/c14-11-6-9(3-4-12(11)15)17-13(18)8-20-16-7-10-2-1-5-19-10/h1-7H,8H2,(H,17,18). The maximum absolute atomic E-state index is 12.9. The van der Waals surface area contributed by atoms with E-state index < -0.39 is 11.7 Å². The Morgan fingerprint density at radius 1 is 1.50 bits per heavy atom. The summed E-state index contributed by atoms with van der Waals surface area (Å²) >= 11 is 5.59. The van der Waals surface area contributed by atoms with Gasteiger partial charge in [-0.15, -0.1) is 0 Å². The van der Waals surface area contributed by atoms with Gasteiger partial charge in [0.25, 0.3) is 5.91 Å². The highest BCUT2D eigenvalue weighted by Crippen LogP contribution is 2.19. The molecule has 1 aromatic heterocycles. The molecule has 1 amide bonds. The molecular formula is C13H10ClFN2O3. The zero-order valence-electron chi connectivity index (χ0n) is 10.2. The van der Waals surface area contributed by atoms with Crippen molar-refractivity contribution in [2.24, 2.45) is 5.16 Å². The van der Waals surface area contributed by atoms with Gasteiger partial charge in [-0.2, -0.15) is 0 Å². The molecule has 104 valence electrons. The topological polar surface area (TPSA) is 63.8 Å². The minimum atomic E-state index is -0.552. The van der Waals surface area contributed by atoms with Gasteiger partial charge >= 0.3 is 0 Å². The Bertz CT molecular complexity index is 614. The van der Waals surface area contributed by atoms with Crippen molar-refractivity contribution in [1.82, 2.24) is 0 Å². The molecule has 0 fully saturated rings. The van der Waals surface area contributed by atoms with Crippen molar-refractivity contribution in [2.45, 2.75) is 0 Å². The fourth-order valence-corrected chi connectivity index (χ4v) is 1.50. The molecule has 1 heterocycles. The number of oxime groups is 1. The molecule has 0 saturated heterocycles. The molecule has 7 heteroatoms. The molecule has 0 bridgehead atoms. The average molecular weight is 297 g/mol. The van der Waals surface area contributed by atoms with Crippen LogP contribution in [0.5, 0.6) is 0 Å². The molecule has 1 N–H and O–H groups in total. The van der Waals surface area contributed by atoms with Gasteiger partial charge in [-0.3, -0.25) is 4.79 Å². The Kier molecular flexibility index (Phi) is 4.73. The second-order valence-electron chi connectivity index (χ2n) is 3.70. The van der Waals surface area contributed by atoms with Crippen LogP contribution >= 0.6 is 11.6 Å². The Balaban J connectivity index is 1.79. The van der Waals surface area contributed by atoms with Gasteiger partial charge in [0.2, 0.25) is 0 Å². The van der Waals surface area contributed by atoms with Gasteiger partial charge in [-0.25, -0.2) is 4.39 Å². The summed E-state index contributed by atoms with van der Waals surface area (Å²) in [6, 6.07) is 7.25. The van der Waals surface area contributed by atoms with Crippen molar-refractivity contribution in [2.75, 3.05) is 11.9 Å². The first-order valence-corrected chi connectivity index (χ1v) is 5.96. The molecule has 2 aromatic rings. The molecule has 2 rings (SSSR count). The van der Waals surface area contributed by atoms with Crippen LogP contribution in [-0.2, 0) is 9.63 Å². The molecule has 0 aliphatic heterocycles. The number of nitrogens with one attached hydrogen (secondary N) is 1. The highest BCUT2D eigenvalue weighted by atomic mass is 35.5. The first kappa shape index (κ1) is 14.1. The third-order valence-electron chi connectivity index (χ3n) is 2.20.